The molecule has 0 amide bonds. The summed E-state index contributed by atoms with van der Waals surface area (Å²) in [4.78, 5) is 4.32. The molecule has 0 bridgehead atoms. The van der Waals surface area contributed by atoms with E-state index in [9.17, 15) is 8.42 Å². The highest BCUT2D eigenvalue weighted by molar-refractivity contribution is 7.91. The molecular formula is C14H16N2O2S. The highest BCUT2D eigenvalue weighted by Crippen LogP contribution is 2.24. The van der Waals surface area contributed by atoms with Crippen LogP contribution in [0.25, 0.3) is 10.9 Å². The maximum absolute atomic E-state index is 11.4. The first kappa shape index (κ1) is 12.4. The molecule has 1 aliphatic rings. The van der Waals surface area contributed by atoms with Gasteiger partial charge in [-0.1, -0.05) is 18.2 Å². The van der Waals surface area contributed by atoms with Crippen molar-refractivity contribution in [1.82, 2.24) is 4.98 Å². The number of para-hydroxylation sites is 1. The van der Waals surface area contributed by atoms with E-state index in [0.29, 0.717) is 12.8 Å². The molecule has 5 heteroatoms. The zero-order valence-corrected chi connectivity index (χ0v) is 11.4. The van der Waals surface area contributed by atoms with Crippen LogP contribution in [0.2, 0.25) is 0 Å². The normalized spacial score (nSPS) is 19.4. The van der Waals surface area contributed by atoms with Crippen molar-refractivity contribution in [3.63, 3.8) is 0 Å². The first-order valence-corrected chi connectivity index (χ1v) is 8.27. The number of rotatable bonds is 2. The number of anilines is 1. The molecule has 0 radical (unpaired) electrons. The van der Waals surface area contributed by atoms with Crippen LogP contribution >= 0.6 is 0 Å². The smallest absolute Gasteiger partial charge is 0.150 e. The Balaban J connectivity index is 1.83. The van der Waals surface area contributed by atoms with Crippen LogP contribution in [0.5, 0.6) is 0 Å². The molecule has 2 aromatic rings. The third kappa shape index (κ3) is 2.71. The van der Waals surface area contributed by atoms with Crippen molar-refractivity contribution in [3.8, 4) is 0 Å². The standard InChI is InChI=1S/C14H16N2O2S/c17-19(18)9-6-11(7-10-19)16-14-5-8-15-13-4-2-1-3-12(13)14/h1-5,8,11H,6-7,9-10H2,(H,15,16). The Labute approximate surface area is 112 Å². The third-order valence-corrected chi connectivity index (χ3v) is 5.28. The van der Waals surface area contributed by atoms with Crippen molar-refractivity contribution in [2.75, 3.05) is 16.8 Å². The van der Waals surface area contributed by atoms with Gasteiger partial charge < -0.3 is 5.32 Å². The summed E-state index contributed by atoms with van der Waals surface area (Å²) < 4.78 is 22.8. The lowest BCUT2D eigenvalue weighted by Gasteiger charge is -2.24. The predicted molar refractivity (Wildman–Crippen MR) is 77.0 cm³/mol. The van der Waals surface area contributed by atoms with Crippen LogP contribution in [0, 0.1) is 0 Å². The van der Waals surface area contributed by atoms with Crippen molar-refractivity contribution in [2.24, 2.45) is 0 Å². The molecule has 100 valence electrons. The van der Waals surface area contributed by atoms with Gasteiger partial charge in [0.2, 0.25) is 0 Å². The Morgan fingerprint density at radius 2 is 1.84 bits per heavy atom. The Morgan fingerprint density at radius 3 is 2.63 bits per heavy atom. The topological polar surface area (TPSA) is 59.1 Å². The Bertz CT molecular complexity index is 678. The monoisotopic (exact) mass is 276 g/mol. The van der Waals surface area contributed by atoms with Gasteiger partial charge in [-0.25, -0.2) is 8.42 Å². The van der Waals surface area contributed by atoms with E-state index in [0.717, 1.165) is 16.6 Å². The molecule has 0 aliphatic carbocycles. The van der Waals surface area contributed by atoms with E-state index in [1.165, 1.54) is 0 Å². The first-order valence-electron chi connectivity index (χ1n) is 6.45. The number of aromatic nitrogens is 1. The van der Waals surface area contributed by atoms with Gasteiger partial charge in [-0.15, -0.1) is 0 Å². The summed E-state index contributed by atoms with van der Waals surface area (Å²) in [5, 5.41) is 4.54. The molecule has 0 saturated carbocycles. The van der Waals surface area contributed by atoms with Crippen molar-refractivity contribution < 1.29 is 8.42 Å². The molecule has 1 fully saturated rings. The minimum absolute atomic E-state index is 0.231. The SMILES string of the molecule is O=S1(=O)CCC(Nc2ccnc3ccccc23)CC1. The Kier molecular flexibility index (Phi) is 3.14. The summed E-state index contributed by atoms with van der Waals surface area (Å²) in [5.74, 6) is 0.571. The molecule has 1 N–H and O–H groups in total. The second-order valence-corrected chi connectivity index (χ2v) is 7.25. The Morgan fingerprint density at radius 1 is 1.11 bits per heavy atom. The summed E-state index contributed by atoms with van der Waals surface area (Å²) in [6, 6.07) is 10.1. The third-order valence-electron chi connectivity index (χ3n) is 3.56. The molecule has 0 unspecified atom stereocenters. The van der Waals surface area contributed by atoms with Crippen molar-refractivity contribution >= 4 is 26.4 Å². The number of fused-ring (bicyclic) bond motifs is 1. The minimum atomic E-state index is -2.80. The van der Waals surface area contributed by atoms with E-state index < -0.39 is 9.84 Å². The van der Waals surface area contributed by atoms with Crippen LogP contribution in [-0.4, -0.2) is 30.9 Å². The van der Waals surface area contributed by atoms with E-state index in [2.05, 4.69) is 10.3 Å². The summed E-state index contributed by atoms with van der Waals surface area (Å²) in [6.45, 7) is 0. The number of hydrogen-bond donors (Lipinski definition) is 1. The van der Waals surface area contributed by atoms with Gasteiger partial charge in [0.1, 0.15) is 9.84 Å². The largest absolute Gasteiger partial charge is 0.382 e. The van der Waals surface area contributed by atoms with Crippen LogP contribution in [0.15, 0.2) is 36.5 Å². The van der Waals surface area contributed by atoms with Gasteiger partial charge in [0.25, 0.3) is 0 Å². The summed E-state index contributed by atoms with van der Waals surface area (Å²) in [7, 11) is -2.80. The number of nitrogens with one attached hydrogen (secondary N) is 1. The molecule has 1 aromatic heterocycles. The first-order chi connectivity index (χ1) is 9.14. The second kappa shape index (κ2) is 4.81. The number of benzene rings is 1. The molecule has 1 aromatic carbocycles. The zero-order chi connectivity index (χ0) is 13.3. The number of hydrogen-bond acceptors (Lipinski definition) is 4. The maximum Gasteiger partial charge on any atom is 0.150 e. The van der Waals surface area contributed by atoms with Crippen molar-refractivity contribution in [2.45, 2.75) is 18.9 Å². The highest BCUT2D eigenvalue weighted by atomic mass is 32.2. The zero-order valence-electron chi connectivity index (χ0n) is 10.5. The molecule has 4 nitrogen and oxygen atoms in total. The van der Waals surface area contributed by atoms with Gasteiger partial charge >= 0.3 is 0 Å². The van der Waals surface area contributed by atoms with E-state index in [1.807, 2.05) is 30.3 Å². The van der Waals surface area contributed by atoms with Crippen molar-refractivity contribution in [3.05, 3.63) is 36.5 Å². The molecule has 0 spiro atoms. The van der Waals surface area contributed by atoms with Gasteiger partial charge in [-0.05, 0) is 25.0 Å². The lowest BCUT2D eigenvalue weighted by molar-refractivity contribution is 0.560. The van der Waals surface area contributed by atoms with Crippen LogP contribution < -0.4 is 5.32 Å². The van der Waals surface area contributed by atoms with Gasteiger partial charge in [-0.3, -0.25) is 4.98 Å². The van der Waals surface area contributed by atoms with E-state index in [1.54, 1.807) is 6.20 Å². The molecular weight excluding hydrogens is 260 g/mol. The number of sulfone groups is 1. The van der Waals surface area contributed by atoms with E-state index in [4.69, 9.17) is 0 Å². The van der Waals surface area contributed by atoms with E-state index in [-0.39, 0.29) is 17.5 Å². The molecule has 3 rings (SSSR count). The fourth-order valence-corrected chi connectivity index (χ4v) is 3.97. The quantitative estimate of drug-likeness (QED) is 0.913. The molecule has 2 heterocycles. The highest BCUT2D eigenvalue weighted by Gasteiger charge is 2.23. The molecule has 19 heavy (non-hydrogen) atoms. The minimum Gasteiger partial charge on any atom is -0.382 e. The average Bonchev–Trinajstić information content (AvgIpc) is 2.42. The van der Waals surface area contributed by atoms with Gasteiger partial charge in [0.05, 0.1) is 17.0 Å². The van der Waals surface area contributed by atoms with Crippen LogP contribution in [0.4, 0.5) is 5.69 Å². The summed E-state index contributed by atoms with van der Waals surface area (Å²) >= 11 is 0. The summed E-state index contributed by atoms with van der Waals surface area (Å²) in [5.41, 5.74) is 1.99. The van der Waals surface area contributed by atoms with Crippen molar-refractivity contribution in [1.29, 1.82) is 0 Å². The molecule has 0 atom stereocenters. The summed E-state index contributed by atoms with van der Waals surface area (Å²) in [6.07, 6.45) is 3.14. The Hall–Kier alpha value is -1.62. The van der Waals surface area contributed by atoms with Crippen LogP contribution in [0.1, 0.15) is 12.8 Å². The second-order valence-electron chi connectivity index (χ2n) is 4.95. The number of pyridine rings is 1. The maximum atomic E-state index is 11.4. The average molecular weight is 276 g/mol. The van der Waals surface area contributed by atoms with Gasteiger partial charge in [0.15, 0.2) is 0 Å². The fraction of sp³-hybridized carbons (Fsp3) is 0.357. The van der Waals surface area contributed by atoms with E-state index >= 15 is 0 Å². The van der Waals surface area contributed by atoms with Crippen LogP contribution in [-0.2, 0) is 9.84 Å². The van der Waals surface area contributed by atoms with Gasteiger partial charge in [-0.2, -0.15) is 0 Å². The number of nitrogens with zero attached hydrogens (tertiary/aromatic N) is 1. The van der Waals surface area contributed by atoms with Crippen LogP contribution in [0.3, 0.4) is 0 Å². The molecule has 1 aliphatic heterocycles. The fourth-order valence-electron chi connectivity index (χ4n) is 2.48. The lowest BCUT2D eigenvalue weighted by atomic mass is 10.1. The lowest BCUT2D eigenvalue weighted by Crippen LogP contribution is -2.32. The van der Waals surface area contributed by atoms with Gasteiger partial charge in [0, 0.05) is 23.3 Å². The predicted octanol–water partition coefficient (Wildman–Crippen LogP) is 2.22. The molecule has 1 saturated heterocycles.